The number of phenolic OH excluding ortho intramolecular Hbond substituents is 1. The van der Waals surface area contributed by atoms with Crippen molar-refractivity contribution < 1.29 is 22.7 Å². The molecule has 2 aromatic carbocycles. The number of piperidine rings is 1. The van der Waals surface area contributed by atoms with Crippen molar-refractivity contribution >= 4 is 51.2 Å². The predicted molar refractivity (Wildman–Crippen MR) is 124 cm³/mol. The first-order chi connectivity index (χ1) is 14.7. The van der Waals surface area contributed by atoms with Crippen molar-refractivity contribution in [2.45, 2.75) is 32.0 Å². The van der Waals surface area contributed by atoms with Crippen LogP contribution in [0.4, 0.5) is 13.2 Å². The number of likely N-dealkylation sites (tertiary alicyclic amines) is 1. The van der Waals surface area contributed by atoms with Crippen LogP contribution in [-0.2, 0) is 12.7 Å². The highest BCUT2D eigenvalue weighted by atomic mass is 79.9. The second-order valence-corrected chi connectivity index (χ2v) is 8.38. The third-order valence-electron chi connectivity index (χ3n) is 5.43. The van der Waals surface area contributed by atoms with Crippen LogP contribution < -0.4 is 5.43 Å². The van der Waals surface area contributed by atoms with Gasteiger partial charge in [0.1, 0.15) is 11.3 Å². The quantitative estimate of drug-likeness (QED) is 0.378. The van der Waals surface area contributed by atoms with Crippen molar-refractivity contribution in [2.75, 3.05) is 13.1 Å². The molecule has 0 atom stereocenters. The van der Waals surface area contributed by atoms with Gasteiger partial charge in [0.15, 0.2) is 0 Å². The van der Waals surface area contributed by atoms with Gasteiger partial charge < -0.3 is 9.52 Å². The molecule has 1 fully saturated rings. The Bertz CT molecular complexity index is 1210. The minimum atomic E-state index is -4.96. The van der Waals surface area contributed by atoms with Gasteiger partial charge in [0.25, 0.3) is 0 Å². The molecule has 1 aliphatic rings. The van der Waals surface area contributed by atoms with Gasteiger partial charge in [-0.1, -0.05) is 35.7 Å². The molecule has 1 aliphatic heterocycles. The molecule has 3 aromatic rings. The molecule has 0 saturated carbocycles. The molecule has 4 rings (SSSR count). The molecule has 1 saturated heterocycles. The summed E-state index contributed by atoms with van der Waals surface area (Å²) < 4.78 is 47.2. The fraction of sp³-hybridized carbons (Fsp3) is 0.318. The van der Waals surface area contributed by atoms with Crippen LogP contribution in [0.1, 0.15) is 30.6 Å². The second kappa shape index (κ2) is 9.63. The monoisotopic (exact) mass is 551 g/mol. The molecule has 1 aromatic heterocycles. The van der Waals surface area contributed by atoms with Crippen LogP contribution in [0.15, 0.2) is 39.5 Å². The summed E-state index contributed by atoms with van der Waals surface area (Å²) in [4.78, 5) is 15.3. The summed E-state index contributed by atoms with van der Waals surface area (Å²) in [5, 5.41) is 10.4. The van der Waals surface area contributed by atoms with E-state index in [2.05, 4.69) is 0 Å². The van der Waals surface area contributed by atoms with E-state index in [0.29, 0.717) is 0 Å². The standard InChI is InChI=1S/C22H18Cl2F3NO3.BrH/c23-12-4-5-13(16(24)10-12)18-19(30)14-6-7-17(29)15(11-28-8-2-1-3-9-28)20(14)31-21(18)22(25,26)27;/h4-7,10,29H,1-3,8-9,11H2;1H. The van der Waals surface area contributed by atoms with Crippen LogP contribution >= 0.6 is 40.2 Å². The first-order valence-corrected chi connectivity index (χ1v) is 10.5. The molecular weight excluding hydrogens is 534 g/mol. The Morgan fingerprint density at radius 1 is 1.06 bits per heavy atom. The summed E-state index contributed by atoms with van der Waals surface area (Å²) in [6.07, 6.45) is -1.96. The highest BCUT2D eigenvalue weighted by Gasteiger charge is 2.40. The molecule has 172 valence electrons. The minimum absolute atomic E-state index is 0. The van der Waals surface area contributed by atoms with Gasteiger partial charge in [-0.25, -0.2) is 0 Å². The number of phenols is 1. The Morgan fingerprint density at radius 2 is 1.75 bits per heavy atom. The molecule has 10 heteroatoms. The minimum Gasteiger partial charge on any atom is -0.507 e. The number of hydrogen-bond donors (Lipinski definition) is 1. The summed E-state index contributed by atoms with van der Waals surface area (Å²) in [6.45, 7) is 1.69. The number of hydrogen-bond acceptors (Lipinski definition) is 4. The Hall–Kier alpha value is -1.74. The van der Waals surface area contributed by atoms with E-state index < -0.39 is 22.9 Å². The zero-order valence-electron chi connectivity index (χ0n) is 16.6. The maximum absolute atomic E-state index is 14.0. The van der Waals surface area contributed by atoms with E-state index in [4.69, 9.17) is 27.6 Å². The smallest absolute Gasteiger partial charge is 0.450 e. The van der Waals surface area contributed by atoms with Gasteiger partial charge in [0.2, 0.25) is 11.2 Å². The summed E-state index contributed by atoms with van der Waals surface area (Å²) in [6, 6.07) is 6.45. The van der Waals surface area contributed by atoms with Crippen molar-refractivity contribution in [1.82, 2.24) is 4.90 Å². The fourth-order valence-electron chi connectivity index (χ4n) is 3.93. The summed E-state index contributed by atoms with van der Waals surface area (Å²) in [5.74, 6) is -1.67. The average Bonchev–Trinajstić information content (AvgIpc) is 2.71. The highest BCUT2D eigenvalue weighted by molar-refractivity contribution is 8.93. The van der Waals surface area contributed by atoms with Crippen LogP contribution in [0.3, 0.4) is 0 Å². The molecule has 0 bridgehead atoms. The lowest BCUT2D eigenvalue weighted by atomic mass is 9.99. The number of fused-ring (bicyclic) bond motifs is 1. The number of rotatable bonds is 3. The Labute approximate surface area is 202 Å². The molecule has 32 heavy (non-hydrogen) atoms. The van der Waals surface area contributed by atoms with E-state index in [1.54, 1.807) is 0 Å². The molecule has 0 spiro atoms. The van der Waals surface area contributed by atoms with E-state index in [0.717, 1.165) is 32.4 Å². The third-order valence-corrected chi connectivity index (χ3v) is 5.97. The predicted octanol–water partition coefficient (Wildman–Crippen LogP) is 7.06. The van der Waals surface area contributed by atoms with Gasteiger partial charge in [-0.2, -0.15) is 13.2 Å². The maximum Gasteiger partial charge on any atom is 0.450 e. The summed E-state index contributed by atoms with van der Waals surface area (Å²) >= 11 is 12.0. The summed E-state index contributed by atoms with van der Waals surface area (Å²) in [5.41, 5.74) is -1.79. The van der Waals surface area contributed by atoms with Gasteiger partial charge in [0.05, 0.1) is 21.5 Å². The SMILES string of the molecule is Br.O=c1c(-c2ccc(Cl)cc2Cl)c(C(F)(F)F)oc2c(CN3CCCCC3)c(O)ccc12. The molecule has 1 N–H and O–H groups in total. The number of benzene rings is 2. The maximum atomic E-state index is 14.0. The average molecular weight is 553 g/mol. The van der Waals surface area contributed by atoms with Gasteiger partial charge >= 0.3 is 6.18 Å². The molecule has 0 aliphatic carbocycles. The van der Waals surface area contributed by atoms with Crippen LogP contribution in [0.2, 0.25) is 10.0 Å². The van der Waals surface area contributed by atoms with Crippen molar-refractivity contribution in [3.8, 4) is 16.9 Å². The van der Waals surface area contributed by atoms with E-state index in [-0.39, 0.29) is 61.4 Å². The molecular formula is C22H19BrCl2F3NO3. The molecule has 2 heterocycles. The highest BCUT2D eigenvalue weighted by Crippen LogP contribution is 2.41. The molecule has 4 nitrogen and oxygen atoms in total. The van der Waals surface area contributed by atoms with E-state index in [9.17, 15) is 23.1 Å². The first-order valence-electron chi connectivity index (χ1n) is 9.73. The number of aromatic hydroxyl groups is 1. The van der Waals surface area contributed by atoms with Crippen LogP contribution in [-0.4, -0.2) is 23.1 Å². The lowest BCUT2D eigenvalue weighted by molar-refractivity contribution is -0.152. The van der Waals surface area contributed by atoms with Gasteiger partial charge in [-0.15, -0.1) is 17.0 Å². The van der Waals surface area contributed by atoms with Gasteiger partial charge in [-0.05, 0) is 50.2 Å². The number of halogens is 6. The van der Waals surface area contributed by atoms with E-state index >= 15 is 0 Å². The van der Waals surface area contributed by atoms with Gasteiger partial charge in [0, 0.05) is 17.1 Å². The normalized spacial score (nSPS) is 15.0. The van der Waals surface area contributed by atoms with Crippen LogP contribution in [0.5, 0.6) is 5.75 Å². The first kappa shape index (κ1) is 24.9. The summed E-state index contributed by atoms with van der Waals surface area (Å²) in [7, 11) is 0. The second-order valence-electron chi connectivity index (χ2n) is 7.53. The van der Waals surface area contributed by atoms with E-state index in [1.165, 1.54) is 30.3 Å². The Balaban J connectivity index is 0.00000289. The Morgan fingerprint density at radius 3 is 2.38 bits per heavy atom. The van der Waals surface area contributed by atoms with Gasteiger partial charge in [-0.3, -0.25) is 9.69 Å². The topological polar surface area (TPSA) is 53.7 Å². The van der Waals surface area contributed by atoms with Crippen molar-refractivity contribution in [3.63, 3.8) is 0 Å². The molecule has 0 amide bonds. The lowest BCUT2D eigenvalue weighted by Crippen LogP contribution is -2.29. The zero-order valence-corrected chi connectivity index (χ0v) is 19.9. The largest absolute Gasteiger partial charge is 0.507 e. The Kier molecular flexibility index (Phi) is 7.49. The van der Waals surface area contributed by atoms with Crippen LogP contribution in [0.25, 0.3) is 22.1 Å². The van der Waals surface area contributed by atoms with Crippen molar-refractivity contribution in [2.24, 2.45) is 0 Å². The van der Waals surface area contributed by atoms with E-state index in [1.807, 2.05) is 4.90 Å². The third kappa shape index (κ3) is 4.78. The molecule has 0 unspecified atom stereocenters. The van der Waals surface area contributed by atoms with Crippen molar-refractivity contribution in [3.05, 3.63) is 61.9 Å². The fourth-order valence-corrected chi connectivity index (χ4v) is 4.44. The lowest BCUT2D eigenvalue weighted by Gasteiger charge is -2.27. The zero-order chi connectivity index (χ0) is 22.3. The number of alkyl halides is 3. The van der Waals surface area contributed by atoms with Crippen molar-refractivity contribution in [1.29, 1.82) is 0 Å². The number of nitrogens with zero attached hydrogens (tertiary/aromatic N) is 1. The van der Waals surface area contributed by atoms with Crippen LogP contribution in [0, 0.1) is 0 Å². The molecule has 0 radical (unpaired) electrons.